The van der Waals surface area contributed by atoms with Gasteiger partial charge in [-0.25, -0.2) is 12.8 Å². The average Bonchev–Trinajstić information content (AvgIpc) is 2.93. The van der Waals surface area contributed by atoms with E-state index in [1.807, 2.05) is 45.0 Å². The van der Waals surface area contributed by atoms with Gasteiger partial charge >= 0.3 is 0 Å². The van der Waals surface area contributed by atoms with E-state index in [1.165, 1.54) is 17.0 Å². The van der Waals surface area contributed by atoms with Gasteiger partial charge in [0.2, 0.25) is 11.8 Å². The summed E-state index contributed by atoms with van der Waals surface area (Å²) < 4.78 is 48.5. The van der Waals surface area contributed by atoms with Crippen LogP contribution in [0.25, 0.3) is 0 Å². The molecule has 0 aliphatic carbocycles. The number of hydrogen-bond acceptors (Lipinski definition) is 5. The number of rotatable bonds is 13. The summed E-state index contributed by atoms with van der Waals surface area (Å²) in [7, 11) is -4.30. The van der Waals surface area contributed by atoms with Crippen molar-refractivity contribution in [2.45, 2.75) is 45.2 Å². The Kier molecular flexibility index (Phi) is 11.3. The fourth-order valence-electron chi connectivity index (χ4n) is 4.00. The van der Waals surface area contributed by atoms with Crippen LogP contribution >= 0.6 is 15.9 Å². The molecule has 220 valence electrons. The van der Waals surface area contributed by atoms with E-state index in [2.05, 4.69) is 21.2 Å². The number of amides is 2. The number of anilines is 1. The number of nitrogens with zero attached hydrogens (tertiary/aromatic N) is 2. The standard InChI is InChI=1S/C30H35BrFN3O5S/c1-5-40-27-13-11-26(12-14-27)35(41(38,39)28-15-9-25(32)10-16-28)20-29(36)34(19-23-7-6-8-24(31)17-23)22(4)30(37)33-18-21(2)3/h6-17,21-22H,5,18-20H2,1-4H3,(H,33,37)/t22-/m1/s1. The lowest BCUT2D eigenvalue weighted by Crippen LogP contribution is -2.51. The summed E-state index contributed by atoms with van der Waals surface area (Å²) in [5.41, 5.74) is 0.968. The molecular formula is C30H35BrFN3O5S. The van der Waals surface area contributed by atoms with Crippen molar-refractivity contribution in [3.05, 3.63) is 88.6 Å². The van der Waals surface area contributed by atoms with Gasteiger partial charge in [0.1, 0.15) is 24.2 Å². The second-order valence-corrected chi connectivity index (χ2v) is 12.6. The fraction of sp³-hybridized carbons (Fsp3) is 0.333. The van der Waals surface area contributed by atoms with E-state index in [0.717, 1.165) is 38.6 Å². The third kappa shape index (κ3) is 8.77. The molecule has 11 heteroatoms. The van der Waals surface area contributed by atoms with E-state index in [0.29, 0.717) is 18.9 Å². The fourth-order valence-corrected chi connectivity index (χ4v) is 5.87. The monoisotopic (exact) mass is 647 g/mol. The van der Waals surface area contributed by atoms with Crippen LogP contribution in [0.5, 0.6) is 5.75 Å². The minimum absolute atomic E-state index is 0.0717. The van der Waals surface area contributed by atoms with Crippen molar-refractivity contribution >= 4 is 43.5 Å². The van der Waals surface area contributed by atoms with Crippen LogP contribution in [0.4, 0.5) is 10.1 Å². The van der Waals surface area contributed by atoms with Gasteiger partial charge in [-0.05, 0) is 86.0 Å². The van der Waals surface area contributed by atoms with Crippen molar-refractivity contribution in [1.29, 1.82) is 0 Å². The van der Waals surface area contributed by atoms with Gasteiger partial charge in [0, 0.05) is 17.6 Å². The van der Waals surface area contributed by atoms with Gasteiger partial charge in [-0.15, -0.1) is 0 Å². The number of carbonyl (C=O) groups excluding carboxylic acids is 2. The van der Waals surface area contributed by atoms with Gasteiger partial charge in [-0.2, -0.15) is 0 Å². The largest absolute Gasteiger partial charge is 0.494 e. The predicted molar refractivity (Wildman–Crippen MR) is 161 cm³/mol. The van der Waals surface area contributed by atoms with Crippen LogP contribution < -0.4 is 14.4 Å². The number of carbonyl (C=O) groups is 2. The zero-order valence-electron chi connectivity index (χ0n) is 23.5. The molecule has 0 saturated heterocycles. The van der Waals surface area contributed by atoms with Crippen molar-refractivity contribution in [3.63, 3.8) is 0 Å². The maximum absolute atomic E-state index is 13.9. The normalized spacial score (nSPS) is 12.1. The van der Waals surface area contributed by atoms with Crippen LogP contribution in [0.2, 0.25) is 0 Å². The minimum Gasteiger partial charge on any atom is -0.494 e. The third-order valence-electron chi connectivity index (χ3n) is 6.21. The topological polar surface area (TPSA) is 96.0 Å². The van der Waals surface area contributed by atoms with Crippen LogP contribution in [0.1, 0.15) is 33.3 Å². The Morgan fingerprint density at radius 2 is 1.66 bits per heavy atom. The molecule has 8 nitrogen and oxygen atoms in total. The maximum Gasteiger partial charge on any atom is 0.264 e. The summed E-state index contributed by atoms with van der Waals surface area (Å²) in [4.78, 5) is 28.2. The van der Waals surface area contributed by atoms with Crippen molar-refractivity contribution < 1.29 is 27.1 Å². The highest BCUT2D eigenvalue weighted by Crippen LogP contribution is 2.27. The highest BCUT2D eigenvalue weighted by atomic mass is 79.9. The molecule has 41 heavy (non-hydrogen) atoms. The molecule has 0 aliphatic rings. The number of halogens is 2. The first-order valence-corrected chi connectivity index (χ1v) is 15.5. The van der Waals surface area contributed by atoms with E-state index < -0.39 is 34.3 Å². The molecule has 0 unspecified atom stereocenters. The molecule has 0 radical (unpaired) electrons. The Hall–Kier alpha value is -3.44. The zero-order valence-corrected chi connectivity index (χ0v) is 25.9. The van der Waals surface area contributed by atoms with Crippen molar-refractivity contribution in [2.75, 3.05) is 24.0 Å². The Balaban J connectivity index is 2.02. The summed E-state index contributed by atoms with van der Waals surface area (Å²) >= 11 is 3.43. The molecule has 0 saturated carbocycles. The lowest BCUT2D eigenvalue weighted by molar-refractivity contribution is -0.139. The molecule has 0 bridgehead atoms. The summed E-state index contributed by atoms with van der Waals surface area (Å²) in [6.45, 7) is 7.70. The summed E-state index contributed by atoms with van der Waals surface area (Å²) in [5.74, 6) is -0.785. The lowest BCUT2D eigenvalue weighted by atomic mass is 10.1. The molecule has 0 aliphatic heterocycles. The predicted octanol–water partition coefficient (Wildman–Crippen LogP) is 5.37. The van der Waals surface area contributed by atoms with Gasteiger partial charge in [0.15, 0.2) is 0 Å². The van der Waals surface area contributed by atoms with E-state index in [1.54, 1.807) is 19.1 Å². The first-order valence-electron chi connectivity index (χ1n) is 13.2. The second kappa shape index (κ2) is 14.5. The van der Waals surface area contributed by atoms with Crippen molar-refractivity contribution in [1.82, 2.24) is 10.2 Å². The van der Waals surface area contributed by atoms with Crippen molar-refractivity contribution in [3.8, 4) is 5.75 Å². The lowest BCUT2D eigenvalue weighted by Gasteiger charge is -2.32. The van der Waals surface area contributed by atoms with E-state index in [9.17, 15) is 22.4 Å². The summed E-state index contributed by atoms with van der Waals surface area (Å²) in [6.07, 6.45) is 0. The summed E-state index contributed by atoms with van der Waals surface area (Å²) in [6, 6.07) is 17.1. The Morgan fingerprint density at radius 1 is 1.00 bits per heavy atom. The molecular weight excluding hydrogens is 613 g/mol. The number of nitrogens with one attached hydrogen (secondary N) is 1. The molecule has 3 rings (SSSR count). The third-order valence-corrected chi connectivity index (χ3v) is 8.49. The van der Waals surface area contributed by atoms with Crippen LogP contribution in [-0.2, 0) is 26.2 Å². The van der Waals surface area contributed by atoms with Crippen LogP contribution in [0, 0.1) is 11.7 Å². The quantitative estimate of drug-likeness (QED) is 0.269. The minimum atomic E-state index is -4.30. The average molecular weight is 649 g/mol. The number of hydrogen-bond donors (Lipinski definition) is 1. The molecule has 2 amide bonds. The highest BCUT2D eigenvalue weighted by Gasteiger charge is 2.32. The number of sulfonamides is 1. The Bertz CT molecular complexity index is 1430. The van der Waals surface area contributed by atoms with Gasteiger partial charge < -0.3 is 15.0 Å². The van der Waals surface area contributed by atoms with Gasteiger partial charge in [-0.1, -0.05) is 41.9 Å². The number of benzene rings is 3. The van der Waals surface area contributed by atoms with E-state index in [4.69, 9.17) is 4.74 Å². The first-order chi connectivity index (χ1) is 19.4. The summed E-state index contributed by atoms with van der Waals surface area (Å²) in [5, 5.41) is 2.86. The van der Waals surface area contributed by atoms with Crippen LogP contribution in [0.3, 0.4) is 0 Å². The highest BCUT2D eigenvalue weighted by molar-refractivity contribution is 9.10. The first kappa shape index (κ1) is 32.1. The number of ether oxygens (including phenoxy) is 1. The Labute approximate surface area is 249 Å². The molecule has 1 atom stereocenters. The van der Waals surface area contributed by atoms with Crippen molar-refractivity contribution in [2.24, 2.45) is 5.92 Å². The smallest absolute Gasteiger partial charge is 0.264 e. The molecule has 0 fully saturated rings. The van der Waals surface area contributed by atoms with Gasteiger partial charge in [0.25, 0.3) is 10.0 Å². The van der Waals surface area contributed by atoms with E-state index >= 15 is 0 Å². The molecule has 3 aromatic carbocycles. The van der Waals surface area contributed by atoms with Gasteiger partial charge in [0.05, 0.1) is 17.2 Å². The molecule has 0 aromatic heterocycles. The second-order valence-electron chi connectivity index (χ2n) is 9.86. The molecule has 0 spiro atoms. The molecule has 1 N–H and O–H groups in total. The SMILES string of the molecule is CCOc1ccc(N(CC(=O)N(Cc2cccc(Br)c2)[C@H](C)C(=O)NCC(C)C)S(=O)(=O)c2ccc(F)cc2)cc1. The van der Waals surface area contributed by atoms with Gasteiger partial charge in [-0.3, -0.25) is 13.9 Å². The van der Waals surface area contributed by atoms with Crippen LogP contribution in [0.15, 0.2) is 82.2 Å². The zero-order chi connectivity index (χ0) is 30.2. The van der Waals surface area contributed by atoms with E-state index in [-0.39, 0.29) is 29.0 Å². The molecule has 3 aromatic rings. The maximum atomic E-state index is 13.9. The molecule has 0 heterocycles. The van der Waals surface area contributed by atoms with Crippen LogP contribution in [-0.4, -0.2) is 50.9 Å². The Morgan fingerprint density at radius 3 is 2.24 bits per heavy atom.